The Bertz CT molecular complexity index is 1050. The molecule has 0 amide bonds. The number of hydrogen-bond acceptors (Lipinski definition) is 2. The number of carboxylic acids is 2. The number of rotatable bonds is 39. The zero-order chi connectivity index (χ0) is 42.1. The number of allylic oxidation sites excluding steroid dienone is 4. The molecule has 2 aliphatic carbocycles. The van der Waals surface area contributed by atoms with Gasteiger partial charge >= 0.3 is 11.9 Å². The molecule has 8 unspecified atom stereocenters. The van der Waals surface area contributed by atoms with Gasteiger partial charge in [0.25, 0.3) is 0 Å². The Hall–Kier alpha value is -1.58. The Morgan fingerprint density at radius 1 is 0.397 bits per heavy atom. The first-order valence-corrected chi connectivity index (χ1v) is 26.2. The number of aliphatic carboxylic acids is 2. The summed E-state index contributed by atoms with van der Waals surface area (Å²) in [6, 6.07) is 0. The minimum atomic E-state index is -0.656. The molecule has 8 atom stereocenters. The molecule has 338 valence electrons. The van der Waals surface area contributed by atoms with Gasteiger partial charge in [-0.2, -0.15) is 0 Å². The molecular formula is C54H98O4. The van der Waals surface area contributed by atoms with Crippen LogP contribution in [-0.2, 0) is 9.59 Å². The van der Waals surface area contributed by atoms with E-state index in [0.717, 1.165) is 73.5 Å². The minimum Gasteiger partial charge on any atom is -0.481 e. The van der Waals surface area contributed by atoms with Gasteiger partial charge in [0.1, 0.15) is 0 Å². The quantitative estimate of drug-likeness (QED) is 0.0479. The molecule has 4 heteroatoms. The molecule has 0 aliphatic heterocycles. The van der Waals surface area contributed by atoms with E-state index in [0.29, 0.717) is 18.8 Å². The maximum absolute atomic E-state index is 11.2. The monoisotopic (exact) mass is 811 g/mol. The topological polar surface area (TPSA) is 74.6 Å². The van der Waals surface area contributed by atoms with E-state index >= 15 is 0 Å². The van der Waals surface area contributed by atoms with Gasteiger partial charge in [0.2, 0.25) is 0 Å². The van der Waals surface area contributed by atoms with Crippen molar-refractivity contribution in [2.75, 3.05) is 0 Å². The van der Waals surface area contributed by atoms with Gasteiger partial charge < -0.3 is 10.2 Å². The summed E-state index contributed by atoms with van der Waals surface area (Å²) in [4.78, 5) is 22.3. The Balaban J connectivity index is 2.55. The number of carbonyl (C=O) groups is 2. The van der Waals surface area contributed by atoms with Crippen LogP contribution < -0.4 is 0 Å². The average molecular weight is 811 g/mol. The van der Waals surface area contributed by atoms with Crippen molar-refractivity contribution in [1.29, 1.82) is 0 Å². The highest BCUT2D eigenvalue weighted by molar-refractivity contribution is 5.66. The second kappa shape index (κ2) is 35.1. The van der Waals surface area contributed by atoms with Crippen molar-refractivity contribution in [3.05, 3.63) is 24.3 Å². The van der Waals surface area contributed by atoms with Crippen molar-refractivity contribution in [2.45, 2.75) is 259 Å². The molecule has 1 fully saturated rings. The van der Waals surface area contributed by atoms with E-state index in [-0.39, 0.29) is 0 Å². The Morgan fingerprint density at radius 3 is 1.19 bits per heavy atom. The zero-order valence-electron chi connectivity index (χ0n) is 39.1. The second-order valence-electron chi connectivity index (χ2n) is 19.4. The molecule has 0 bridgehead atoms. The van der Waals surface area contributed by atoms with Crippen molar-refractivity contribution in [2.24, 2.45) is 47.3 Å². The van der Waals surface area contributed by atoms with Crippen molar-refractivity contribution < 1.29 is 19.8 Å². The first-order valence-electron chi connectivity index (χ1n) is 26.2. The third-order valence-corrected chi connectivity index (χ3v) is 14.8. The highest BCUT2D eigenvalue weighted by atomic mass is 16.4. The lowest BCUT2D eigenvalue weighted by Gasteiger charge is -2.58. The molecular weight excluding hydrogens is 713 g/mol. The maximum Gasteiger partial charge on any atom is 0.303 e. The molecule has 2 aliphatic rings. The third-order valence-electron chi connectivity index (χ3n) is 14.8. The molecule has 2 N–H and O–H groups in total. The van der Waals surface area contributed by atoms with Crippen molar-refractivity contribution in [3.63, 3.8) is 0 Å². The highest BCUT2D eigenvalue weighted by Gasteiger charge is 2.53. The number of fused-ring (bicyclic) bond motifs is 1. The summed E-state index contributed by atoms with van der Waals surface area (Å²) in [5.74, 6) is 4.87. The molecule has 2 rings (SSSR count). The van der Waals surface area contributed by atoms with Gasteiger partial charge in [0.15, 0.2) is 0 Å². The van der Waals surface area contributed by atoms with Gasteiger partial charge in [-0.05, 0) is 112 Å². The van der Waals surface area contributed by atoms with Crippen LogP contribution in [0, 0.1) is 47.3 Å². The van der Waals surface area contributed by atoms with E-state index < -0.39 is 11.9 Å². The van der Waals surface area contributed by atoms with Gasteiger partial charge in [-0.25, -0.2) is 0 Å². The van der Waals surface area contributed by atoms with Crippen LogP contribution in [0.15, 0.2) is 24.3 Å². The van der Waals surface area contributed by atoms with Crippen LogP contribution >= 0.6 is 0 Å². The summed E-state index contributed by atoms with van der Waals surface area (Å²) < 4.78 is 0. The van der Waals surface area contributed by atoms with Crippen LogP contribution in [0.5, 0.6) is 0 Å². The highest BCUT2D eigenvalue weighted by Crippen LogP contribution is 2.60. The van der Waals surface area contributed by atoms with E-state index in [1.807, 2.05) is 0 Å². The van der Waals surface area contributed by atoms with Crippen LogP contribution in [0.4, 0.5) is 0 Å². The third kappa shape index (κ3) is 22.3. The molecule has 0 heterocycles. The Kier molecular flexibility index (Phi) is 31.8. The van der Waals surface area contributed by atoms with E-state index in [2.05, 4.69) is 52.0 Å². The van der Waals surface area contributed by atoms with Crippen LogP contribution in [0.25, 0.3) is 0 Å². The zero-order valence-corrected chi connectivity index (χ0v) is 39.1. The first kappa shape index (κ1) is 52.6. The lowest BCUT2D eigenvalue weighted by atomic mass is 9.47. The van der Waals surface area contributed by atoms with Crippen LogP contribution in [0.2, 0.25) is 0 Å². The van der Waals surface area contributed by atoms with E-state index in [1.165, 1.54) is 186 Å². The summed E-state index contributed by atoms with van der Waals surface area (Å²) in [5.41, 5.74) is 0. The molecule has 1 saturated carbocycles. The first-order chi connectivity index (χ1) is 28.4. The maximum atomic E-state index is 11.2. The number of hydrogen-bond donors (Lipinski definition) is 2. The van der Waals surface area contributed by atoms with Crippen LogP contribution in [0.3, 0.4) is 0 Å². The molecule has 0 aromatic carbocycles. The standard InChI is InChI=1S/C54H98O4/c1-5-9-13-17-22-30-37-47-48(38-31-23-18-14-10-6-2)50(40-32-24-20-26-34-42-52(57)58)54-46(36-28-21-19-25-33-41-51(55)56)44-43-45(35-27-15-11-7-3)53(54)49(47)39-29-16-12-8-4/h22,30,43-50,53-54H,5-21,23-29,31-42H2,1-4H3,(H,55,56)(H,57,58). The second-order valence-corrected chi connectivity index (χ2v) is 19.4. The fraction of sp³-hybridized carbons (Fsp3) is 0.889. The van der Waals surface area contributed by atoms with Gasteiger partial charge in [0, 0.05) is 12.8 Å². The van der Waals surface area contributed by atoms with Crippen LogP contribution in [-0.4, -0.2) is 22.2 Å². The smallest absolute Gasteiger partial charge is 0.303 e. The summed E-state index contributed by atoms with van der Waals surface area (Å²) in [6.07, 6.45) is 55.0. The largest absolute Gasteiger partial charge is 0.481 e. The predicted octanol–water partition coefficient (Wildman–Crippen LogP) is 17.3. The Morgan fingerprint density at radius 2 is 0.741 bits per heavy atom. The molecule has 4 nitrogen and oxygen atoms in total. The lowest BCUT2D eigenvalue weighted by Crippen LogP contribution is -2.52. The van der Waals surface area contributed by atoms with E-state index in [1.54, 1.807) is 0 Å². The molecule has 0 radical (unpaired) electrons. The van der Waals surface area contributed by atoms with E-state index in [9.17, 15) is 14.7 Å². The normalized spacial score (nSPS) is 24.4. The minimum absolute atomic E-state index is 0.310. The molecule has 0 spiro atoms. The number of unbranched alkanes of at least 4 members (excludes halogenated alkanes) is 22. The Labute approximate surface area is 361 Å². The molecule has 0 saturated heterocycles. The fourth-order valence-electron chi connectivity index (χ4n) is 11.7. The number of carboxylic acid groups (broad SMARTS) is 2. The van der Waals surface area contributed by atoms with Gasteiger partial charge in [0.05, 0.1) is 0 Å². The van der Waals surface area contributed by atoms with Gasteiger partial charge in [-0.3, -0.25) is 9.59 Å². The van der Waals surface area contributed by atoms with Gasteiger partial charge in [-0.15, -0.1) is 0 Å². The van der Waals surface area contributed by atoms with Crippen LogP contribution in [0.1, 0.15) is 259 Å². The van der Waals surface area contributed by atoms with Crippen molar-refractivity contribution in [3.8, 4) is 0 Å². The summed E-state index contributed by atoms with van der Waals surface area (Å²) in [6.45, 7) is 9.37. The van der Waals surface area contributed by atoms with Crippen molar-refractivity contribution in [1.82, 2.24) is 0 Å². The summed E-state index contributed by atoms with van der Waals surface area (Å²) in [7, 11) is 0. The average Bonchev–Trinajstić information content (AvgIpc) is 3.21. The SMILES string of the molecule is CCCCCC=CCC1C(CCCCCCCC)C(CCCCCCCC(=O)O)C2C(CCCCCCCC(=O)O)C=CC(CCCCCC)C2C1CCCCCC. The molecule has 58 heavy (non-hydrogen) atoms. The summed E-state index contributed by atoms with van der Waals surface area (Å²) in [5, 5.41) is 18.4. The predicted molar refractivity (Wildman–Crippen MR) is 250 cm³/mol. The van der Waals surface area contributed by atoms with Gasteiger partial charge in [-0.1, -0.05) is 206 Å². The van der Waals surface area contributed by atoms with Crippen molar-refractivity contribution >= 4 is 11.9 Å². The molecule has 0 aromatic heterocycles. The van der Waals surface area contributed by atoms with E-state index in [4.69, 9.17) is 5.11 Å². The fourth-order valence-corrected chi connectivity index (χ4v) is 11.7. The molecule has 0 aromatic rings. The summed E-state index contributed by atoms with van der Waals surface area (Å²) >= 11 is 0. The lowest BCUT2D eigenvalue weighted by molar-refractivity contribution is -0.138.